The van der Waals surface area contributed by atoms with Gasteiger partial charge in [0.1, 0.15) is 11.9 Å². The normalized spacial score (nSPS) is 30.4. The van der Waals surface area contributed by atoms with Crippen molar-refractivity contribution in [2.45, 2.75) is 6.10 Å². The quantitative estimate of drug-likeness (QED) is 0.583. The lowest BCUT2D eigenvalue weighted by atomic mass is 9.87. The standard InChI is InChI=1S/C13H8ClFO/c14-9-5-4-8-6-10(7-9)16-12-3-1-2-11(15)13(8)12/h1-5,7,12-13H/t12-,13+/m1/s1. The van der Waals surface area contributed by atoms with Crippen LogP contribution >= 0.6 is 11.6 Å². The highest BCUT2D eigenvalue weighted by Crippen LogP contribution is 2.37. The van der Waals surface area contributed by atoms with E-state index >= 15 is 0 Å². The lowest BCUT2D eigenvalue weighted by Gasteiger charge is -2.29. The van der Waals surface area contributed by atoms with Crippen molar-refractivity contribution in [1.29, 1.82) is 0 Å². The fraction of sp³-hybridized carbons (Fsp3) is 0.154. The van der Waals surface area contributed by atoms with Crippen molar-refractivity contribution in [3.63, 3.8) is 0 Å². The Kier molecular flexibility index (Phi) is 2.13. The van der Waals surface area contributed by atoms with Crippen molar-refractivity contribution >= 4 is 11.6 Å². The maximum Gasteiger partial charge on any atom is 0.165 e. The molecule has 2 bridgehead atoms. The van der Waals surface area contributed by atoms with Crippen LogP contribution in [-0.2, 0) is 4.74 Å². The summed E-state index contributed by atoms with van der Waals surface area (Å²) in [5.41, 5.74) is 3.80. The first-order valence-electron chi connectivity index (χ1n) is 5.01. The second-order valence-corrected chi connectivity index (χ2v) is 4.24. The molecule has 3 aliphatic rings. The highest BCUT2D eigenvalue weighted by Gasteiger charge is 2.33. The molecule has 2 aliphatic carbocycles. The van der Waals surface area contributed by atoms with Crippen LogP contribution in [0.5, 0.6) is 0 Å². The van der Waals surface area contributed by atoms with Gasteiger partial charge in [0.25, 0.3) is 0 Å². The zero-order chi connectivity index (χ0) is 11.1. The van der Waals surface area contributed by atoms with Gasteiger partial charge in [-0.05, 0) is 24.3 Å². The number of ether oxygens (including phenoxy) is 1. The molecule has 0 spiro atoms. The third kappa shape index (κ3) is 1.47. The Morgan fingerprint density at radius 2 is 2.25 bits per heavy atom. The van der Waals surface area contributed by atoms with Gasteiger partial charge in [0.2, 0.25) is 0 Å². The average molecular weight is 235 g/mol. The van der Waals surface area contributed by atoms with E-state index in [9.17, 15) is 4.39 Å². The summed E-state index contributed by atoms with van der Waals surface area (Å²) in [6.45, 7) is 0. The molecule has 3 heteroatoms. The van der Waals surface area contributed by atoms with Gasteiger partial charge in [0.15, 0.2) is 5.76 Å². The second-order valence-electron chi connectivity index (χ2n) is 3.80. The Labute approximate surface area is 97.5 Å². The molecule has 2 atom stereocenters. The predicted molar refractivity (Wildman–Crippen MR) is 60.3 cm³/mol. The van der Waals surface area contributed by atoms with Crippen molar-refractivity contribution < 1.29 is 9.13 Å². The van der Waals surface area contributed by atoms with E-state index in [0.717, 1.165) is 5.57 Å². The number of hydrogen-bond acceptors (Lipinski definition) is 1. The summed E-state index contributed by atoms with van der Waals surface area (Å²) in [6.07, 6.45) is 9.88. The first-order valence-corrected chi connectivity index (χ1v) is 5.38. The van der Waals surface area contributed by atoms with Crippen LogP contribution in [-0.4, -0.2) is 6.10 Å². The average Bonchev–Trinajstić information content (AvgIpc) is 2.38. The lowest BCUT2D eigenvalue weighted by molar-refractivity contribution is 0.120. The van der Waals surface area contributed by atoms with Crippen molar-refractivity contribution in [2.24, 2.45) is 5.92 Å². The van der Waals surface area contributed by atoms with E-state index in [1.807, 2.05) is 6.08 Å². The van der Waals surface area contributed by atoms with E-state index in [1.165, 1.54) is 6.08 Å². The first kappa shape index (κ1) is 9.71. The van der Waals surface area contributed by atoms with Gasteiger partial charge in [-0.3, -0.25) is 0 Å². The monoisotopic (exact) mass is 234 g/mol. The third-order valence-electron chi connectivity index (χ3n) is 2.74. The number of hydrogen-bond donors (Lipinski definition) is 0. The Morgan fingerprint density at radius 1 is 1.38 bits per heavy atom. The largest absolute Gasteiger partial charge is 0.478 e. The molecule has 0 saturated carbocycles. The van der Waals surface area contributed by atoms with E-state index in [4.69, 9.17) is 16.3 Å². The fourth-order valence-electron chi connectivity index (χ4n) is 2.02. The van der Waals surface area contributed by atoms with Crippen LogP contribution in [0.1, 0.15) is 0 Å². The van der Waals surface area contributed by atoms with Crippen LogP contribution in [0.15, 0.2) is 64.4 Å². The van der Waals surface area contributed by atoms with Gasteiger partial charge in [-0.25, -0.2) is 4.39 Å². The molecule has 1 aliphatic heterocycles. The molecule has 0 saturated heterocycles. The predicted octanol–water partition coefficient (Wildman–Crippen LogP) is 3.53. The van der Waals surface area contributed by atoms with E-state index in [2.05, 4.69) is 5.73 Å². The minimum atomic E-state index is -0.388. The van der Waals surface area contributed by atoms with Gasteiger partial charge >= 0.3 is 0 Å². The van der Waals surface area contributed by atoms with E-state index in [0.29, 0.717) is 10.8 Å². The maximum absolute atomic E-state index is 13.7. The summed E-state index contributed by atoms with van der Waals surface area (Å²) in [4.78, 5) is 0. The van der Waals surface area contributed by atoms with E-state index < -0.39 is 0 Å². The summed E-state index contributed by atoms with van der Waals surface area (Å²) in [7, 11) is 0. The van der Waals surface area contributed by atoms with Gasteiger partial charge in [0, 0.05) is 16.7 Å². The summed E-state index contributed by atoms with van der Waals surface area (Å²) in [5.74, 6) is -0.0247. The van der Waals surface area contributed by atoms with Crippen LogP contribution in [0.3, 0.4) is 0 Å². The van der Waals surface area contributed by atoms with Crippen molar-refractivity contribution in [3.8, 4) is 0 Å². The number of halogens is 2. The Hall–Kier alpha value is -1.50. The molecule has 0 radical (unpaired) electrons. The zero-order valence-electron chi connectivity index (χ0n) is 8.28. The summed E-state index contributed by atoms with van der Waals surface area (Å²) in [5, 5.41) is 0.560. The van der Waals surface area contributed by atoms with Crippen LogP contribution in [0, 0.1) is 5.92 Å². The molecule has 0 N–H and O–H groups in total. The van der Waals surface area contributed by atoms with Crippen LogP contribution < -0.4 is 0 Å². The third-order valence-corrected chi connectivity index (χ3v) is 2.97. The summed E-state index contributed by atoms with van der Waals surface area (Å²) in [6, 6.07) is 0. The fourth-order valence-corrected chi connectivity index (χ4v) is 2.18. The topological polar surface area (TPSA) is 9.23 Å². The molecule has 0 aromatic rings. The van der Waals surface area contributed by atoms with Gasteiger partial charge in [0.05, 0.1) is 5.92 Å². The minimum Gasteiger partial charge on any atom is -0.478 e. The highest BCUT2D eigenvalue weighted by molar-refractivity contribution is 6.31. The first-order chi connectivity index (χ1) is 7.74. The molecule has 80 valence electrons. The smallest absolute Gasteiger partial charge is 0.165 e. The molecule has 0 amide bonds. The van der Waals surface area contributed by atoms with Gasteiger partial charge in [-0.2, -0.15) is 0 Å². The van der Waals surface area contributed by atoms with Crippen LogP contribution in [0.4, 0.5) is 4.39 Å². The lowest BCUT2D eigenvalue weighted by Crippen LogP contribution is -2.27. The maximum atomic E-state index is 13.7. The van der Waals surface area contributed by atoms with Gasteiger partial charge < -0.3 is 4.74 Å². The summed E-state index contributed by atoms with van der Waals surface area (Å²) < 4.78 is 19.3. The van der Waals surface area contributed by atoms with E-state index in [1.54, 1.807) is 24.3 Å². The molecule has 1 nitrogen and oxygen atoms in total. The van der Waals surface area contributed by atoms with Gasteiger partial charge in [-0.1, -0.05) is 23.4 Å². The highest BCUT2D eigenvalue weighted by atomic mass is 35.5. The molecule has 0 aromatic carbocycles. The Balaban J connectivity index is 2.12. The molecule has 0 aromatic heterocycles. The SMILES string of the molecule is FC1=CC=C[C@H]2OC3=C=C(C=CC(Cl)=C3)[C@@H]12. The van der Waals surface area contributed by atoms with Crippen LogP contribution in [0.2, 0.25) is 0 Å². The van der Waals surface area contributed by atoms with Crippen molar-refractivity contribution in [3.05, 3.63) is 64.4 Å². The summed E-state index contributed by atoms with van der Waals surface area (Å²) >= 11 is 5.92. The number of rotatable bonds is 0. The second kappa shape index (κ2) is 3.51. The Bertz CT molecular complexity index is 530. The zero-order valence-corrected chi connectivity index (χ0v) is 9.04. The molecule has 3 rings (SSSR count). The van der Waals surface area contributed by atoms with Crippen molar-refractivity contribution in [1.82, 2.24) is 0 Å². The molecule has 1 heterocycles. The minimum absolute atomic E-state index is 0.197. The van der Waals surface area contributed by atoms with Gasteiger partial charge in [-0.15, -0.1) is 0 Å². The Morgan fingerprint density at radius 3 is 3.12 bits per heavy atom. The van der Waals surface area contributed by atoms with E-state index in [-0.39, 0.29) is 17.8 Å². The molecule has 16 heavy (non-hydrogen) atoms. The van der Waals surface area contributed by atoms with Crippen molar-refractivity contribution in [2.75, 3.05) is 0 Å². The number of allylic oxidation sites excluding steroid dienone is 5. The van der Waals surface area contributed by atoms with Crippen LogP contribution in [0.25, 0.3) is 0 Å². The molecule has 0 fully saturated rings. The molecular formula is C13H8ClFO. The molecular weight excluding hydrogens is 227 g/mol. The number of fused-ring (bicyclic) bond motifs is 2. The molecule has 0 unspecified atom stereocenters.